The molecular formula is C34H50N10OS. The zero-order valence-electron chi connectivity index (χ0n) is 27.2. The molecule has 248 valence electrons. The molecule has 2 aliphatic rings. The van der Waals surface area contributed by atoms with Gasteiger partial charge in [-0.2, -0.15) is 5.26 Å². The summed E-state index contributed by atoms with van der Waals surface area (Å²) in [7, 11) is 0. The van der Waals surface area contributed by atoms with Crippen LogP contribution in [0.3, 0.4) is 0 Å². The summed E-state index contributed by atoms with van der Waals surface area (Å²) >= 11 is 1.53. The fraction of sp³-hybridized carbons (Fsp3) is 0.412. The summed E-state index contributed by atoms with van der Waals surface area (Å²) in [5, 5.41) is 33.9. The standard InChI is InChI=1S/C28H34N10OS.C4H8.C2H4.2H2/c1-18(2)33-24-14-25(23-4-3-21(34-23)13-19(15-29)16-30)32-17-22(24)26-35-36-28(40-26)38-11-9-37(10-12-38)27(39)20-5-7-31-8-6-20;1-3-4-2;1-2;;/h3-4,13-15,17-18,20,29,31,34H,5-12H2,1-2H3,(H,32,33);3H,1,4H2,2H3;1-2H2;2*1H/b19-13+,29-15?;;;;. The van der Waals surface area contributed by atoms with Gasteiger partial charge >= 0.3 is 0 Å². The Kier molecular flexibility index (Phi) is 14.3. The molecule has 1 amide bonds. The normalized spacial score (nSPS) is 15.2. The summed E-state index contributed by atoms with van der Waals surface area (Å²) in [4.78, 5) is 25.1. The van der Waals surface area contributed by atoms with Crippen LogP contribution in [-0.4, -0.2) is 82.5 Å². The van der Waals surface area contributed by atoms with Crippen molar-refractivity contribution in [2.24, 2.45) is 5.92 Å². The zero-order chi connectivity index (χ0) is 33.5. The van der Waals surface area contributed by atoms with Gasteiger partial charge in [0, 0.05) is 64.8 Å². The Morgan fingerprint density at radius 2 is 1.93 bits per heavy atom. The number of aromatic nitrogens is 4. The maximum absolute atomic E-state index is 12.9. The van der Waals surface area contributed by atoms with Gasteiger partial charge in [-0.1, -0.05) is 24.3 Å². The molecule has 0 atom stereocenters. The van der Waals surface area contributed by atoms with Gasteiger partial charge in [0.2, 0.25) is 11.0 Å². The third-order valence-electron chi connectivity index (χ3n) is 7.41. The summed E-state index contributed by atoms with van der Waals surface area (Å²) in [6, 6.07) is 7.94. The molecule has 5 rings (SSSR count). The van der Waals surface area contributed by atoms with Crippen LogP contribution in [0, 0.1) is 22.7 Å². The first kappa shape index (κ1) is 35.9. The van der Waals surface area contributed by atoms with Crippen molar-refractivity contribution in [2.75, 3.05) is 49.5 Å². The van der Waals surface area contributed by atoms with Gasteiger partial charge in [0.15, 0.2) is 5.01 Å². The predicted molar refractivity (Wildman–Crippen MR) is 194 cm³/mol. The maximum atomic E-state index is 12.9. The van der Waals surface area contributed by atoms with Gasteiger partial charge in [0.25, 0.3) is 0 Å². The van der Waals surface area contributed by atoms with E-state index in [0.29, 0.717) is 19.0 Å². The van der Waals surface area contributed by atoms with E-state index >= 15 is 0 Å². The van der Waals surface area contributed by atoms with Gasteiger partial charge in [-0.25, -0.2) is 0 Å². The molecule has 46 heavy (non-hydrogen) atoms. The maximum Gasteiger partial charge on any atom is 0.225 e. The van der Waals surface area contributed by atoms with Gasteiger partial charge in [-0.3, -0.25) is 9.78 Å². The van der Waals surface area contributed by atoms with Crippen LogP contribution in [-0.2, 0) is 4.79 Å². The van der Waals surface area contributed by atoms with E-state index in [-0.39, 0.29) is 20.4 Å². The van der Waals surface area contributed by atoms with E-state index in [1.165, 1.54) is 11.3 Å². The summed E-state index contributed by atoms with van der Waals surface area (Å²) < 4.78 is 0. The molecule has 0 aromatic carbocycles. The largest absolute Gasteiger partial charge is 0.382 e. The number of nitrogens with zero attached hydrogens (tertiary/aromatic N) is 6. The molecule has 12 heteroatoms. The highest BCUT2D eigenvalue weighted by atomic mass is 32.1. The van der Waals surface area contributed by atoms with Crippen molar-refractivity contribution in [3.8, 4) is 28.0 Å². The van der Waals surface area contributed by atoms with Crippen molar-refractivity contribution in [1.29, 1.82) is 10.7 Å². The predicted octanol–water partition coefficient (Wildman–Crippen LogP) is 6.50. The highest BCUT2D eigenvalue weighted by Crippen LogP contribution is 2.35. The van der Waals surface area contributed by atoms with Crippen LogP contribution in [0.25, 0.3) is 28.0 Å². The van der Waals surface area contributed by atoms with E-state index in [1.807, 2.05) is 41.4 Å². The molecule has 4 N–H and O–H groups in total. The van der Waals surface area contributed by atoms with Gasteiger partial charge < -0.3 is 30.8 Å². The van der Waals surface area contributed by atoms with Gasteiger partial charge in [-0.05, 0) is 70.5 Å². The number of allylic oxidation sites excluding steroid dienone is 2. The molecule has 11 nitrogen and oxygen atoms in total. The Labute approximate surface area is 279 Å². The smallest absolute Gasteiger partial charge is 0.225 e. The highest BCUT2D eigenvalue weighted by molar-refractivity contribution is 7.18. The van der Waals surface area contributed by atoms with Gasteiger partial charge in [-0.15, -0.1) is 29.9 Å². The van der Waals surface area contributed by atoms with Crippen molar-refractivity contribution in [1.82, 2.24) is 30.4 Å². The number of nitriles is 1. The van der Waals surface area contributed by atoms with Crippen LogP contribution < -0.4 is 15.5 Å². The topological polar surface area (TPSA) is 150 Å². The summed E-state index contributed by atoms with van der Waals surface area (Å²) in [5.41, 5.74) is 4.33. The summed E-state index contributed by atoms with van der Waals surface area (Å²) in [6.07, 6.45) is 9.28. The molecule has 0 unspecified atom stereocenters. The zero-order valence-corrected chi connectivity index (χ0v) is 28.0. The fourth-order valence-corrected chi connectivity index (χ4v) is 5.94. The van der Waals surface area contributed by atoms with Crippen molar-refractivity contribution < 1.29 is 7.65 Å². The Morgan fingerprint density at radius 3 is 2.54 bits per heavy atom. The molecule has 0 saturated carbocycles. The fourth-order valence-electron chi connectivity index (χ4n) is 5.02. The summed E-state index contributed by atoms with van der Waals surface area (Å²) in [6.45, 7) is 20.4. The molecule has 2 saturated heterocycles. The average molecular weight is 647 g/mol. The molecule has 3 aromatic heterocycles. The van der Waals surface area contributed by atoms with Crippen molar-refractivity contribution in [2.45, 2.75) is 46.1 Å². The van der Waals surface area contributed by atoms with Crippen LogP contribution in [0.2, 0.25) is 0 Å². The highest BCUT2D eigenvalue weighted by Gasteiger charge is 2.29. The molecule has 0 spiro atoms. The van der Waals surface area contributed by atoms with Crippen LogP contribution >= 0.6 is 11.3 Å². The number of hydrogen-bond acceptors (Lipinski definition) is 10. The van der Waals surface area contributed by atoms with E-state index in [1.54, 1.807) is 6.08 Å². The number of piperazine rings is 1. The Morgan fingerprint density at radius 1 is 1.24 bits per heavy atom. The summed E-state index contributed by atoms with van der Waals surface area (Å²) in [5.74, 6) is 0.439. The van der Waals surface area contributed by atoms with Gasteiger partial charge in [0.1, 0.15) is 6.07 Å². The first-order valence-electron chi connectivity index (χ1n) is 15.6. The molecule has 5 heterocycles. The number of aromatic amines is 1. The lowest BCUT2D eigenvalue weighted by molar-refractivity contribution is -0.136. The number of nitrogens with one attached hydrogen (secondary N) is 4. The molecule has 0 aliphatic carbocycles. The van der Waals surface area contributed by atoms with E-state index in [0.717, 1.165) is 90.1 Å². The van der Waals surface area contributed by atoms with E-state index in [2.05, 4.69) is 71.2 Å². The number of piperidine rings is 1. The lowest BCUT2D eigenvalue weighted by Crippen LogP contribution is -2.51. The van der Waals surface area contributed by atoms with Crippen LogP contribution in [0.15, 0.2) is 55.8 Å². The number of pyridine rings is 1. The number of rotatable bonds is 9. The van der Waals surface area contributed by atoms with Crippen molar-refractivity contribution >= 4 is 40.4 Å². The SMILES string of the molecule is C=C.C=CCC.CC(C)Nc1cc(-c2ccc(/C=C(/C#N)C=N)[nH]2)ncc1-c1nnc(N2CCN(C(=O)C3CCNCC3)CC2)s1.[HH].[HH]. The monoisotopic (exact) mass is 646 g/mol. The van der Waals surface area contributed by atoms with E-state index in [9.17, 15) is 4.79 Å². The number of carbonyl (C=O) groups excluding carboxylic acids is 1. The first-order valence-corrected chi connectivity index (χ1v) is 16.5. The first-order chi connectivity index (χ1) is 22.4. The number of carbonyl (C=O) groups is 1. The molecular weight excluding hydrogens is 597 g/mol. The number of H-pyrrole nitrogens is 1. The Bertz CT molecular complexity index is 1520. The lowest BCUT2D eigenvalue weighted by atomic mass is 9.96. The van der Waals surface area contributed by atoms with E-state index < -0.39 is 0 Å². The third-order valence-corrected chi connectivity index (χ3v) is 8.43. The van der Waals surface area contributed by atoms with Crippen molar-refractivity contribution in [3.05, 3.63) is 61.5 Å². The second-order valence-electron chi connectivity index (χ2n) is 11.0. The second kappa shape index (κ2) is 18.4. The van der Waals surface area contributed by atoms with Crippen LogP contribution in [0.1, 0.15) is 48.6 Å². The van der Waals surface area contributed by atoms with Crippen molar-refractivity contribution in [3.63, 3.8) is 0 Å². The molecule has 0 radical (unpaired) electrons. The minimum atomic E-state index is 0. The van der Waals surface area contributed by atoms with Crippen LogP contribution in [0.5, 0.6) is 0 Å². The second-order valence-corrected chi connectivity index (χ2v) is 12.0. The quantitative estimate of drug-likeness (QED) is 0.117. The number of hydrogen-bond donors (Lipinski definition) is 4. The Hall–Kier alpha value is -4.60. The molecule has 2 fully saturated rings. The van der Waals surface area contributed by atoms with Crippen LogP contribution in [0.4, 0.5) is 10.8 Å². The Balaban J connectivity index is 0.00000134. The number of amides is 1. The molecule has 3 aromatic rings. The van der Waals surface area contributed by atoms with E-state index in [4.69, 9.17) is 15.7 Å². The number of anilines is 2. The molecule has 2 aliphatic heterocycles. The molecule has 0 bridgehead atoms. The minimum Gasteiger partial charge on any atom is -0.382 e. The lowest BCUT2D eigenvalue weighted by Gasteiger charge is -2.36. The third kappa shape index (κ3) is 9.70. The van der Waals surface area contributed by atoms with Gasteiger partial charge in [0.05, 0.1) is 22.5 Å². The average Bonchev–Trinajstić information content (AvgIpc) is 3.79. The minimum absolute atomic E-state index is 0.